The molecule has 24 heavy (non-hydrogen) atoms. The molecule has 7 nitrogen and oxygen atoms in total. The van der Waals surface area contributed by atoms with Gasteiger partial charge in [-0.3, -0.25) is 9.59 Å². The van der Waals surface area contributed by atoms with Crippen LogP contribution in [0.3, 0.4) is 0 Å². The zero-order chi connectivity index (χ0) is 17.5. The SMILES string of the molecule is CCOC(=O)CSc1nc(=O)cc(N)n1Cc1ccc(OC)cc1. The number of carbonyl (C=O) groups excluding carboxylic acids is 1. The quantitative estimate of drug-likeness (QED) is 0.460. The Hall–Kier alpha value is -2.48. The first-order valence-corrected chi connectivity index (χ1v) is 8.30. The monoisotopic (exact) mass is 349 g/mol. The van der Waals surface area contributed by atoms with Crippen LogP contribution in [0.15, 0.2) is 40.3 Å². The van der Waals surface area contributed by atoms with Crippen molar-refractivity contribution in [3.63, 3.8) is 0 Å². The second-order valence-electron chi connectivity index (χ2n) is 4.83. The molecule has 0 spiro atoms. The molecular formula is C16H19N3O4S. The van der Waals surface area contributed by atoms with Crippen LogP contribution in [0.5, 0.6) is 5.75 Å². The van der Waals surface area contributed by atoms with E-state index in [1.807, 2.05) is 24.3 Å². The lowest BCUT2D eigenvalue weighted by molar-refractivity contribution is -0.139. The van der Waals surface area contributed by atoms with Crippen molar-refractivity contribution in [1.29, 1.82) is 0 Å². The highest BCUT2D eigenvalue weighted by molar-refractivity contribution is 7.99. The standard InChI is InChI=1S/C16H19N3O4S/c1-3-23-15(21)10-24-16-18-14(20)8-13(17)19(16)9-11-4-6-12(22-2)7-5-11/h4-8H,3,9-10,17H2,1-2H3. The summed E-state index contributed by atoms with van der Waals surface area (Å²) >= 11 is 1.12. The molecule has 1 aromatic heterocycles. The summed E-state index contributed by atoms with van der Waals surface area (Å²) in [7, 11) is 1.60. The number of hydrogen-bond donors (Lipinski definition) is 1. The fourth-order valence-electron chi connectivity index (χ4n) is 2.01. The van der Waals surface area contributed by atoms with Crippen LogP contribution in [0.25, 0.3) is 0 Å². The first-order valence-electron chi connectivity index (χ1n) is 7.32. The third-order valence-corrected chi connectivity index (χ3v) is 4.09. The molecule has 0 fully saturated rings. The molecule has 8 heteroatoms. The zero-order valence-corrected chi connectivity index (χ0v) is 14.3. The Labute approximate surface area is 143 Å². The molecule has 0 aliphatic heterocycles. The summed E-state index contributed by atoms with van der Waals surface area (Å²) in [5.74, 6) is 0.737. The summed E-state index contributed by atoms with van der Waals surface area (Å²) in [4.78, 5) is 27.1. The molecule has 0 aliphatic rings. The van der Waals surface area contributed by atoms with Crippen molar-refractivity contribution in [1.82, 2.24) is 9.55 Å². The van der Waals surface area contributed by atoms with E-state index in [0.29, 0.717) is 18.3 Å². The molecule has 2 aromatic rings. The third-order valence-electron chi connectivity index (χ3n) is 3.14. The largest absolute Gasteiger partial charge is 0.497 e. The summed E-state index contributed by atoms with van der Waals surface area (Å²) in [6.07, 6.45) is 0. The first-order chi connectivity index (χ1) is 11.5. The second kappa shape index (κ2) is 8.39. The van der Waals surface area contributed by atoms with Crippen LogP contribution in [-0.4, -0.2) is 35.0 Å². The van der Waals surface area contributed by atoms with Crippen LogP contribution in [0.1, 0.15) is 12.5 Å². The lowest BCUT2D eigenvalue weighted by Crippen LogP contribution is -2.19. The van der Waals surface area contributed by atoms with Crippen LogP contribution in [-0.2, 0) is 16.1 Å². The second-order valence-corrected chi connectivity index (χ2v) is 5.77. The number of nitrogen functional groups attached to an aromatic ring is 1. The third kappa shape index (κ3) is 4.76. The van der Waals surface area contributed by atoms with Crippen molar-refractivity contribution in [2.24, 2.45) is 0 Å². The van der Waals surface area contributed by atoms with E-state index < -0.39 is 5.56 Å². The maximum absolute atomic E-state index is 11.6. The van der Waals surface area contributed by atoms with Gasteiger partial charge in [0.1, 0.15) is 11.6 Å². The average Bonchev–Trinajstić information content (AvgIpc) is 2.56. The lowest BCUT2D eigenvalue weighted by Gasteiger charge is -2.14. The molecule has 0 bridgehead atoms. The van der Waals surface area contributed by atoms with Gasteiger partial charge in [-0.1, -0.05) is 23.9 Å². The summed E-state index contributed by atoms with van der Waals surface area (Å²) in [5.41, 5.74) is 6.48. The summed E-state index contributed by atoms with van der Waals surface area (Å²) in [6, 6.07) is 8.74. The number of carbonyl (C=O) groups is 1. The number of hydrogen-bond acceptors (Lipinski definition) is 7. The summed E-state index contributed by atoms with van der Waals surface area (Å²) in [6.45, 7) is 2.47. The number of ether oxygens (including phenoxy) is 2. The van der Waals surface area contributed by atoms with Gasteiger partial charge >= 0.3 is 5.97 Å². The van der Waals surface area contributed by atoms with Gasteiger partial charge in [-0.15, -0.1) is 0 Å². The minimum atomic E-state index is -0.440. The van der Waals surface area contributed by atoms with Crippen molar-refractivity contribution >= 4 is 23.5 Å². The van der Waals surface area contributed by atoms with Crippen molar-refractivity contribution in [2.75, 3.05) is 25.2 Å². The van der Waals surface area contributed by atoms with Crippen molar-refractivity contribution in [2.45, 2.75) is 18.6 Å². The number of thioether (sulfide) groups is 1. The van der Waals surface area contributed by atoms with Gasteiger partial charge in [-0.25, -0.2) is 0 Å². The smallest absolute Gasteiger partial charge is 0.316 e. The molecule has 1 heterocycles. The van der Waals surface area contributed by atoms with E-state index in [0.717, 1.165) is 23.1 Å². The molecular weight excluding hydrogens is 330 g/mol. The van der Waals surface area contributed by atoms with E-state index in [1.54, 1.807) is 18.6 Å². The molecule has 0 saturated carbocycles. The van der Waals surface area contributed by atoms with Crippen LogP contribution in [0, 0.1) is 0 Å². The Morgan fingerprint density at radius 3 is 2.67 bits per heavy atom. The average molecular weight is 349 g/mol. The predicted octanol–water partition coefficient (Wildman–Crippen LogP) is 1.54. The van der Waals surface area contributed by atoms with Gasteiger partial charge in [-0.2, -0.15) is 4.98 Å². The zero-order valence-electron chi connectivity index (χ0n) is 13.5. The first kappa shape index (κ1) is 17.9. The highest BCUT2D eigenvalue weighted by atomic mass is 32.2. The minimum Gasteiger partial charge on any atom is -0.497 e. The fourth-order valence-corrected chi connectivity index (χ4v) is 2.82. The maximum Gasteiger partial charge on any atom is 0.316 e. The molecule has 0 radical (unpaired) electrons. The van der Waals surface area contributed by atoms with Crippen LogP contribution in [0.4, 0.5) is 5.82 Å². The normalized spacial score (nSPS) is 10.4. The number of esters is 1. The number of anilines is 1. The molecule has 1 aromatic carbocycles. The van der Waals surface area contributed by atoms with Gasteiger partial charge in [0.15, 0.2) is 5.16 Å². The highest BCUT2D eigenvalue weighted by Crippen LogP contribution is 2.20. The topological polar surface area (TPSA) is 96.4 Å². The summed E-state index contributed by atoms with van der Waals surface area (Å²) < 4.78 is 11.7. The lowest BCUT2D eigenvalue weighted by atomic mass is 10.2. The highest BCUT2D eigenvalue weighted by Gasteiger charge is 2.12. The number of nitrogens with two attached hydrogens (primary N) is 1. The molecule has 0 atom stereocenters. The van der Waals surface area contributed by atoms with E-state index in [2.05, 4.69) is 4.98 Å². The van der Waals surface area contributed by atoms with Gasteiger partial charge in [0.05, 0.1) is 26.0 Å². The summed E-state index contributed by atoms with van der Waals surface area (Å²) in [5, 5.41) is 0.379. The number of rotatable bonds is 7. The van der Waals surface area contributed by atoms with Gasteiger partial charge < -0.3 is 19.8 Å². The van der Waals surface area contributed by atoms with E-state index in [1.165, 1.54) is 6.07 Å². The molecule has 0 amide bonds. The maximum atomic E-state index is 11.6. The Balaban J connectivity index is 2.23. The fraction of sp³-hybridized carbons (Fsp3) is 0.312. The van der Waals surface area contributed by atoms with Gasteiger partial charge in [0, 0.05) is 6.07 Å². The number of nitrogens with zero attached hydrogens (tertiary/aromatic N) is 2. The van der Waals surface area contributed by atoms with Crippen molar-refractivity contribution < 1.29 is 14.3 Å². The molecule has 0 saturated heterocycles. The Bertz CT molecular complexity index is 759. The van der Waals surface area contributed by atoms with Gasteiger partial charge in [0.25, 0.3) is 5.56 Å². The van der Waals surface area contributed by atoms with E-state index in [9.17, 15) is 9.59 Å². The molecule has 2 rings (SSSR count). The molecule has 0 unspecified atom stereocenters. The van der Waals surface area contributed by atoms with Gasteiger partial charge in [-0.05, 0) is 24.6 Å². The Kier molecular flexibility index (Phi) is 6.25. The van der Waals surface area contributed by atoms with Crippen LogP contribution >= 0.6 is 11.8 Å². The molecule has 2 N–H and O–H groups in total. The van der Waals surface area contributed by atoms with Crippen LogP contribution < -0.4 is 16.0 Å². The van der Waals surface area contributed by atoms with E-state index in [-0.39, 0.29) is 17.5 Å². The number of benzene rings is 1. The minimum absolute atomic E-state index is 0.0619. The van der Waals surface area contributed by atoms with E-state index >= 15 is 0 Å². The Morgan fingerprint density at radius 2 is 2.04 bits per heavy atom. The van der Waals surface area contributed by atoms with Gasteiger partial charge in [0.2, 0.25) is 0 Å². The number of aromatic nitrogens is 2. The van der Waals surface area contributed by atoms with E-state index in [4.69, 9.17) is 15.2 Å². The Morgan fingerprint density at radius 1 is 1.33 bits per heavy atom. The molecule has 0 aliphatic carbocycles. The number of methoxy groups -OCH3 is 1. The van der Waals surface area contributed by atoms with Crippen molar-refractivity contribution in [3.8, 4) is 5.75 Å². The predicted molar refractivity (Wildman–Crippen MR) is 92.4 cm³/mol. The van der Waals surface area contributed by atoms with Crippen molar-refractivity contribution in [3.05, 3.63) is 46.2 Å². The van der Waals surface area contributed by atoms with Crippen LogP contribution in [0.2, 0.25) is 0 Å². The molecule has 128 valence electrons.